The van der Waals surface area contributed by atoms with E-state index in [0.717, 1.165) is 31.4 Å². The molecule has 0 bridgehead atoms. The zero-order valence-electron chi connectivity index (χ0n) is 16.3. The van der Waals surface area contributed by atoms with Gasteiger partial charge in [-0.15, -0.1) is 0 Å². The SMILES string of the molecule is CN1CCN(CC(=O)NC2CCC(C(=O)NCCc3cnccn3)CC2)C1=O. The number of aromatic nitrogens is 2. The summed E-state index contributed by atoms with van der Waals surface area (Å²) >= 11 is 0. The van der Waals surface area contributed by atoms with Gasteiger partial charge in [0, 0.05) is 63.7 Å². The second kappa shape index (κ2) is 9.48. The van der Waals surface area contributed by atoms with Gasteiger partial charge in [0.05, 0.1) is 5.69 Å². The molecule has 1 aromatic rings. The summed E-state index contributed by atoms with van der Waals surface area (Å²) in [7, 11) is 1.74. The summed E-state index contributed by atoms with van der Waals surface area (Å²) in [5.74, 6) is -0.0660. The second-order valence-corrected chi connectivity index (χ2v) is 7.48. The molecule has 3 rings (SSSR count). The Morgan fingerprint density at radius 3 is 2.61 bits per heavy atom. The monoisotopic (exact) mass is 388 g/mol. The molecule has 1 saturated carbocycles. The summed E-state index contributed by atoms with van der Waals surface area (Å²) in [6.45, 7) is 1.89. The number of hydrogen-bond donors (Lipinski definition) is 2. The molecule has 0 aromatic carbocycles. The molecule has 9 heteroatoms. The van der Waals surface area contributed by atoms with Crippen LogP contribution >= 0.6 is 0 Å². The van der Waals surface area contributed by atoms with E-state index in [2.05, 4.69) is 20.6 Å². The van der Waals surface area contributed by atoms with Crippen LogP contribution in [0.25, 0.3) is 0 Å². The lowest BCUT2D eigenvalue weighted by Gasteiger charge is -2.29. The number of likely N-dealkylation sites (N-methyl/N-ethyl adjacent to an activating group) is 1. The van der Waals surface area contributed by atoms with Crippen molar-refractivity contribution in [3.8, 4) is 0 Å². The molecule has 2 aliphatic rings. The standard InChI is InChI=1S/C19H28N6O3/c1-24-10-11-25(19(24)28)13-17(26)23-15-4-2-14(3-5-15)18(27)22-7-6-16-12-20-8-9-21-16/h8-9,12,14-15H,2-7,10-11,13H2,1H3,(H,22,27)(H,23,26). The number of nitrogens with one attached hydrogen (secondary N) is 2. The summed E-state index contributed by atoms with van der Waals surface area (Å²) in [5.41, 5.74) is 0.858. The normalized spacial score (nSPS) is 22.2. The van der Waals surface area contributed by atoms with Crippen molar-refractivity contribution in [2.75, 3.05) is 33.2 Å². The van der Waals surface area contributed by atoms with Gasteiger partial charge in [-0.3, -0.25) is 19.6 Å². The number of urea groups is 1. The first-order valence-corrected chi connectivity index (χ1v) is 9.85. The van der Waals surface area contributed by atoms with Crippen molar-refractivity contribution in [2.24, 2.45) is 5.92 Å². The highest BCUT2D eigenvalue weighted by atomic mass is 16.2. The lowest BCUT2D eigenvalue weighted by molar-refractivity contribution is -0.126. The summed E-state index contributed by atoms with van der Waals surface area (Å²) in [6.07, 6.45) is 8.71. The van der Waals surface area contributed by atoms with Crippen LogP contribution in [0.2, 0.25) is 0 Å². The zero-order chi connectivity index (χ0) is 19.9. The van der Waals surface area contributed by atoms with Crippen LogP contribution in [0.15, 0.2) is 18.6 Å². The zero-order valence-corrected chi connectivity index (χ0v) is 16.3. The molecule has 2 heterocycles. The lowest BCUT2D eigenvalue weighted by Crippen LogP contribution is -2.45. The smallest absolute Gasteiger partial charge is 0.320 e. The van der Waals surface area contributed by atoms with Crippen molar-refractivity contribution in [3.05, 3.63) is 24.3 Å². The van der Waals surface area contributed by atoms with E-state index < -0.39 is 0 Å². The molecule has 2 N–H and O–H groups in total. The molecule has 152 valence electrons. The first-order valence-electron chi connectivity index (χ1n) is 9.85. The molecule has 1 aliphatic carbocycles. The molecular formula is C19H28N6O3. The van der Waals surface area contributed by atoms with Gasteiger partial charge in [-0.1, -0.05) is 0 Å². The highest BCUT2D eigenvalue weighted by molar-refractivity contribution is 5.85. The number of nitrogens with zero attached hydrogens (tertiary/aromatic N) is 4. The molecule has 0 atom stereocenters. The Hall–Kier alpha value is -2.71. The Kier molecular flexibility index (Phi) is 6.78. The molecule has 1 saturated heterocycles. The topological polar surface area (TPSA) is 108 Å². The first-order chi connectivity index (χ1) is 13.5. The van der Waals surface area contributed by atoms with Crippen molar-refractivity contribution < 1.29 is 14.4 Å². The largest absolute Gasteiger partial charge is 0.355 e. The van der Waals surface area contributed by atoms with Gasteiger partial charge in [0.2, 0.25) is 11.8 Å². The molecule has 1 aliphatic heterocycles. The van der Waals surface area contributed by atoms with Crippen LogP contribution in [-0.2, 0) is 16.0 Å². The maximum absolute atomic E-state index is 12.3. The molecule has 0 spiro atoms. The van der Waals surface area contributed by atoms with Crippen LogP contribution in [0.5, 0.6) is 0 Å². The Morgan fingerprint density at radius 2 is 1.96 bits per heavy atom. The fraction of sp³-hybridized carbons (Fsp3) is 0.632. The molecule has 2 fully saturated rings. The first kappa shape index (κ1) is 20.0. The minimum absolute atomic E-state index is 0.0104. The highest BCUT2D eigenvalue weighted by Crippen LogP contribution is 2.24. The van der Waals surface area contributed by atoms with Crippen LogP contribution in [0.3, 0.4) is 0 Å². The molecule has 1 aromatic heterocycles. The number of carbonyl (C=O) groups is 3. The van der Waals surface area contributed by atoms with Gasteiger partial charge in [0.15, 0.2) is 0 Å². The van der Waals surface area contributed by atoms with Gasteiger partial charge in [-0.05, 0) is 25.7 Å². The number of rotatable bonds is 7. The molecular weight excluding hydrogens is 360 g/mol. The summed E-state index contributed by atoms with van der Waals surface area (Å²) in [4.78, 5) is 47.7. The van der Waals surface area contributed by atoms with Gasteiger partial charge in [0.25, 0.3) is 0 Å². The van der Waals surface area contributed by atoms with E-state index in [1.165, 1.54) is 0 Å². The van der Waals surface area contributed by atoms with Crippen molar-refractivity contribution in [1.82, 2.24) is 30.4 Å². The molecule has 28 heavy (non-hydrogen) atoms. The van der Waals surface area contributed by atoms with E-state index in [0.29, 0.717) is 26.1 Å². The Morgan fingerprint density at radius 1 is 1.18 bits per heavy atom. The Labute approximate surface area is 164 Å². The summed E-state index contributed by atoms with van der Waals surface area (Å²) in [5, 5.41) is 5.98. The minimum atomic E-state index is -0.125. The maximum Gasteiger partial charge on any atom is 0.320 e. The van der Waals surface area contributed by atoms with Crippen LogP contribution in [-0.4, -0.2) is 76.9 Å². The predicted molar refractivity (Wildman–Crippen MR) is 102 cm³/mol. The van der Waals surface area contributed by atoms with E-state index in [1.54, 1.807) is 35.4 Å². The third-order valence-electron chi connectivity index (χ3n) is 5.40. The maximum atomic E-state index is 12.3. The van der Waals surface area contributed by atoms with Crippen molar-refractivity contribution >= 4 is 17.8 Å². The summed E-state index contributed by atoms with van der Waals surface area (Å²) in [6, 6.07) is -0.0245. The quantitative estimate of drug-likeness (QED) is 0.693. The third kappa shape index (κ3) is 5.40. The fourth-order valence-corrected chi connectivity index (χ4v) is 3.71. The van der Waals surface area contributed by atoms with Gasteiger partial charge >= 0.3 is 6.03 Å². The van der Waals surface area contributed by atoms with Crippen molar-refractivity contribution in [3.63, 3.8) is 0 Å². The highest BCUT2D eigenvalue weighted by Gasteiger charge is 2.30. The lowest BCUT2D eigenvalue weighted by atomic mass is 9.85. The van der Waals surface area contributed by atoms with Crippen LogP contribution in [0.1, 0.15) is 31.4 Å². The number of carbonyl (C=O) groups excluding carboxylic acids is 3. The predicted octanol–water partition coefficient (Wildman–Crippen LogP) is 0.178. The van der Waals surface area contributed by atoms with Gasteiger partial charge in [-0.25, -0.2) is 4.79 Å². The Bertz CT molecular complexity index is 690. The molecule has 0 radical (unpaired) electrons. The Balaban J connectivity index is 1.33. The number of amides is 4. The van der Waals surface area contributed by atoms with E-state index in [-0.39, 0.29) is 36.3 Å². The van der Waals surface area contributed by atoms with E-state index in [4.69, 9.17) is 0 Å². The van der Waals surface area contributed by atoms with E-state index in [1.807, 2.05) is 0 Å². The minimum Gasteiger partial charge on any atom is -0.355 e. The van der Waals surface area contributed by atoms with Crippen LogP contribution in [0.4, 0.5) is 4.79 Å². The van der Waals surface area contributed by atoms with Gasteiger partial charge in [-0.2, -0.15) is 0 Å². The van der Waals surface area contributed by atoms with Crippen molar-refractivity contribution in [1.29, 1.82) is 0 Å². The van der Waals surface area contributed by atoms with Gasteiger partial charge in [0.1, 0.15) is 6.54 Å². The summed E-state index contributed by atoms with van der Waals surface area (Å²) < 4.78 is 0. The van der Waals surface area contributed by atoms with E-state index in [9.17, 15) is 14.4 Å². The third-order valence-corrected chi connectivity index (χ3v) is 5.40. The molecule has 0 unspecified atom stereocenters. The average molecular weight is 388 g/mol. The van der Waals surface area contributed by atoms with Crippen LogP contribution in [0, 0.1) is 5.92 Å². The van der Waals surface area contributed by atoms with Crippen molar-refractivity contribution in [2.45, 2.75) is 38.1 Å². The average Bonchev–Trinajstić information content (AvgIpc) is 3.01. The fourth-order valence-electron chi connectivity index (χ4n) is 3.71. The number of hydrogen-bond acceptors (Lipinski definition) is 5. The van der Waals surface area contributed by atoms with E-state index >= 15 is 0 Å². The molecule has 9 nitrogen and oxygen atoms in total. The van der Waals surface area contributed by atoms with Gasteiger partial charge < -0.3 is 20.4 Å². The van der Waals surface area contributed by atoms with Crippen LogP contribution < -0.4 is 10.6 Å². The molecule has 4 amide bonds. The second-order valence-electron chi connectivity index (χ2n) is 7.48.